The highest BCUT2D eigenvalue weighted by atomic mass is 32.1. The van der Waals surface area contributed by atoms with Gasteiger partial charge in [-0.15, -0.1) is 11.7 Å². The molecule has 1 atom stereocenters. The number of nitrogens with one attached hydrogen (secondary N) is 2. The van der Waals surface area contributed by atoms with Gasteiger partial charge in [0.1, 0.15) is 6.54 Å². The van der Waals surface area contributed by atoms with Crippen LogP contribution in [0.2, 0.25) is 0 Å². The monoisotopic (exact) mass is 349 g/mol. The molecule has 6 heteroatoms. The van der Waals surface area contributed by atoms with Gasteiger partial charge in [0.2, 0.25) is 5.13 Å². The molecular weight excluding hydrogens is 324 g/mol. The molecule has 23 heavy (non-hydrogen) atoms. The summed E-state index contributed by atoms with van der Waals surface area (Å²) in [6.07, 6.45) is 1.81. The van der Waals surface area contributed by atoms with Crippen molar-refractivity contribution in [1.29, 1.82) is 0 Å². The van der Waals surface area contributed by atoms with E-state index in [1.54, 1.807) is 0 Å². The lowest BCUT2D eigenvalue weighted by atomic mass is 10.0. The molecule has 0 saturated heterocycles. The van der Waals surface area contributed by atoms with Crippen molar-refractivity contribution in [2.24, 2.45) is 0 Å². The van der Waals surface area contributed by atoms with Gasteiger partial charge in [0.15, 0.2) is 10.6 Å². The van der Waals surface area contributed by atoms with Crippen molar-refractivity contribution in [3.63, 3.8) is 0 Å². The first kappa shape index (κ1) is 17.8. The number of benzene rings is 1. The Morgan fingerprint density at radius 3 is 2.70 bits per heavy atom. The molecule has 0 saturated carbocycles. The van der Waals surface area contributed by atoms with Gasteiger partial charge in [-0.2, -0.15) is 4.68 Å². The van der Waals surface area contributed by atoms with Gasteiger partial charge < -0.3 is 10.2 Å². The Bertz CT molecular complexity index is 685. The molecule has 0 spiro atoms. The normalized spacial score (nSPS) is 12.3. The molecule has 0 bridgehead atoms. The van der Waals surface area contributed by atoms with E-state index in [1.165, 1.54) is 27.4 Å². The highest BCUT2D eigenvalue weighted by molar-refractivity contribution is 7.73. The second-order valence-electron chi connectivity index (χ2n) is 6.03. The Hall–Kier alpha value is -1.50. The average molecular weight is 350 g/mol. The molecule has 0 aliphatic rings. The van der Waals surface area contributed by atoms with Crippen LogP contribution in [0.15, 0.2) is 36.9 Å². The predicted molar refractivity (Wildman–Crippen MR) is 101 cm³/mol. The Labute approximate surface area is 147 Å². The lowest BCUT2D eigenvalue weighted by Crippen LogP contribution is -3.07. The van der Waals surface area contributed by atoms with Gasteiger partial charge >= 0.3 is 0 Å². The number of anilines is 1. The molecule has 1 aromatic carbocycles. The molecule has 2 aromatic rings. The van der Waals surface area contributed by atoms with Crippen LogP contribution in [0, 0.1) is 3.95 Å². The molecule has 124 valence electrons. The highest BCUT2D eigenvalue weighted by Crippen LogP contribution is 2.15. The summed E-state index contributed by atoms with van der Waals surface area (Å²) in [5, 5.41) is 8.56. The maximum absolute atomic E-state index is 5.39. The molecule has 0 amide bonds. The number of hydrogen-bond acceptors (Lipinski definition) is 4. The van der Waals surface area contributed by atoms with Gasteiger partial charge in [0.25, 0.3) is 0 Å². The van der Waals surface area contributed by atoms with Crippen LogP contribution in [0.1, 0.15) is 30.9 Å². The van der Waals surface area contributed by atoms with Crippen molar-refractivity contribution in [3.05, 3.63) is 52.0 Å². The SMILES string of the molecule is C=CCNc1nn(C[NH+](C)Cc2ccc(C(C)C)cc2)c(=S)s1. The number of aromatic nitrogens is 2. The smallest absolute Gasteiger partial charge is 0.205 e. The third-order valence-electron chi connectivity index (χ3n) is 3.58. The van der Waals surface area contributed by atoms with Crippen LogP contribution in [-0.4, -0.2) is 23.4 Å². The van der Waals surface area contributed by atoms with Gasteiger partial charge in [0, 0.05) is 12.1 Å². The lowest BCUT2D eigenvalue weighted by molar-refractivity contribution is -0.917. The first-order valence-corrected chi connectivity index (χ1v) is 9.05. The summed E-state index contributed by atoms with van der Waals surface area (Å²) >= 11 is 6.89. The van der Waals surface area contributed by atoms with Crippen molar-refractivity contribution in [2.45, 2.75) is 33.0 Å². The summed E-state index contributed by atoms with van der Waals surface area (Å²) in [6, 6.07) is 8.88. The van der Waals surface area contributed by atoms with E-state index in [1.807, 2.05) is 10.8 Å². The van der Waals surface area contributed by atoms with Crippen LogP contribution in [0.4, 0.5) is 5.13 Å². The van der Waals surface area contributed by atoms with Crippen molar-refractivity contribution < 1.29 is 4.90 Å². The fourth-order valence-corrected chi connectivity index (χ4v) is 3.33. The standard InChI is InChI=1S/C17H24N4S2/c1-5-10-18-16-19-21(17(22)23-16)12-20(4)11-14-6-8-15(9-7-14)13(2)3/h5-9,13H,1,10-12H2,2-4H3,(H,18,19)/p+1. The summed E-state index contributed by atoms with van der Waals surface area (Å²) in [5.74, 6) is 0.573. The van der Waals surface area contributed by atoms with Crippen molar-refractivity contribution in [3.8, 4) is 0 Å². The molecule has 1 unspecified atom stereocenters. The zero-order chi connectivity index (χ0) is 16.8. The Morgan fingerprint density at radius 1 is 1.39 bits per heavy atom. The minimum Gasteiger partial charge on any atom is -0.357 e. The van der Waals surface area contributed by atoms with Crippen LogP contribution >= 0.6 is 23.6 Å². The predicted octanol–water partition coefficient (Wildman–Crippen LogP) is 3.07. The van der Waals surface area contributed by atoms with E-state index in [4.69, 9.17) is 12.2 Å². The summed E-state index contributed by atoms with van der Waals surface area (Å²) in [4.78, 5) is 1.35. The fourth-order valence-electron chi connectivity index (χ4n) is 2.32. The van der Waals surface area contributed by atoms with E-state index in [0.717, 1.165) is 22.3 Å². The quantitative estimate of drug-likeness (QED) is 0.568. The van der Waals surface area contributed by atoms with Crippen LogP contribution in [0.3, 0.4) is 0 Å². The second-order valence-corrected chi connectivity index (χ2v) is 7.65. The third-order valence-corrected chi connectivity index (χ3v) is 4.84. The van der Waals surface area contributed by atoms with Gasteiger partial charge in [0.05, 0.1) is 7.05 Å². The third kappa shape index (κ3) is 5.27. The summed E-state index contributed by atoms with van der Waals surface area (Å²) < 4.78 is 2.69. The van der Waals surface area contributed by atoms with E-state index in [0.29, 0.717) is 12.5 Å². The summed E-state index contributed by atoms with van der Waals surface area (Å²) in [6.45, 7) is 10.5. The second kappa shape index (κ2) is 8.38. The molecule has 1 heterocycles. The van der Waals surface area contributed by atoms with E-state index < -0.39 is 0 Å². The van der Waals surface area contributed by atoms with Crippen molar-refractivity contribution in [1.82, 2.24) is 9.78 Å². The number of quaternary nitrogens is 1. The maximum atomic E-state index is 5.39. The largest absolute Gasteiger partial charge is 0.357 e. The molecule has 0 aliphatic carbocycles. The first-order valence-electron chi connectivity index (χ1n) is 7.82. The van der Waals surface area contributed by atoms with Crippen LogP contribution in [0.5, 0.6) is 0 Å². The minimum atomic E-state index is 0.573. The van der Waals surface area contributed by atoms with Crippen molar-refractivity contribution >= 4 is 28.7 Å². The van der Waals surface area contributed by atoms with E-state index >= 15 is 0 Å². The maximum Gasteiger partial charge on any atom is 0.205 e. The topological polar surface area (TPSA) is 34.3 Å². The number of hydrogen-bond donors (Lipinski definition) is 2. The molecule has 0 aliphatic heterocycles. The van der Waals surface area contributed by atoms with E-state index in [9.17, 15) is 0 Å². The lowest BCUT2D eigenvalue weighted by Gasteiger charge is -2.14. The Kier molecular flexibility index (Phi) is 6.50. The highest BCUT2D eigenvalue weighted by Gasteiger charge is 2.09. The Balaban J connectivity index is 1.96. The van der Waals surface area contributed by atoms with Crippen LogP contribution in [0.25, 0.3) is 0 Å². The van der Waals surface area contributed by atoms with Crippen LogP contribution < -0.4 is 10.2 Å². The van der Waals surface area contributed by atoms with Crippen LogP contribution in [-0.2, 0) is 13.2 Å². The molecule has 2 rings (SSSR count). The van der Waals surface area contributed by atoms with Gasteiger partial charge in [-0.25, -0.2) is 0 Å². The minimum absolute atomic E-state index is 0.573. The zero-order valence-corrected chi connectivity index (χ0v) is 15.6. The molecule has 4 nitrogen and oxygen atoms in total. The van der Waals surface area contributed by atoms with E-state index in [2.05, 4.69) is 62.2 Å². The molecule has 1 aromatic heterocycles. The zero-order valence-electron chi connectivity index (χ0n) is 14.0. The van der Waals surface area contributed by atoms with Gasteiger partial charge in [-0.1, -0.05) is 55.5 Å². The van der Waals surface area contributed by atoms with Gasteiger partial charge in [-0.05, 0) is 23.7 Å². The first-order chi connectivity index (χ1) is 11.0. The summed E-state index contributed by atoms with van der Waals surface area (Å²) in [7, 11) is 2.16. The number of nitrogens with zero attached hydrogens (tertiary/aromatic N) is 2. The molecule has 2 N–H and O–H groups in total. The molecule has 0 radical (unpaired) electrons. The van der Waals surface area contributed by atoms with E-state index in [-0.39, 0.29) is 0 Å². The average Bonchev–Trinajstić information content (AvgIpc) is 2.85. The molecule has 0 fully saturated rings. The Morgan fingerprint density at radius 2 is 2.09 bits per heavy atom. The van der Waals surface area contributed by atoms with Gasteiger partial charge in [-0.3, -0.25) is 0 Å². The van der Waals surface area contributed by atoms with Crippen molar-refractivity contribution in [2.75, 3.05) is 18.9 Å². The number of rotatable bonds is 8. The fraction of sp³-hybridized carbons (Fsp3) is 0.412. The summed E-state index contributed by atoms with van der Waals surface area (Å²) in [5.41, 5.74) is 2.71. The molecular formula is C17H25N4S2+.